The number of benzene rings is 3. The first-order valence-electron chi connectivity index (χ1n) is 18.6. The lowest BCUT2D eigenvalue weighted by molar-refractivity contribution is -0.122. The van der Waals surface area contributed by atoms with E-state index in [1.165, 1.54) is 88.9 Å². The zero-order valence-electron chi connectivity index (χ0n) is 29.1. The van der Waals surface area contributed by atoms with E-state index in [2.05, 4.69) is 85.6 Å². The molecule has 1 saturated heterocycles. The van der Waals surface area contributed by atoms with E-state index in [1.807, 2.05) is 6.07 Å². The van der Waals surface area contributed by atoms with Crippen LogP contribution < -0.4 is 5.32 Å². The topological polar surface area (TPSA) is 32.3 Å². The fourth-order valence-corrected chi connectivity index (χ4v) is 7.91. The number of amides is 1. The van der Waals surface area contributed by atoms with Gasteiger partial charge in [-0.15, -0.1) is 0 Å². The molecule has 8 rings (SSSR count). The second-order valence-electron chi connectivity index (χ2n) is 15.5. The highest BCUT2D eigenvalue weighted by Crippen LogP contribution is 2.51. The molecule has 3 atom stereocenters. The molecule has 4 fully saturated rings. The number of carbonyl (C=O) groups is 1. The smallest absolute Gasteiger partial charge is 0.262 e. The van der Waals surface area contributed by atoms with E-state index in [1.54, 1.807) is 0 Å². The second kappa shape index (κ2) is 13.9. The quantitative estimate of drug-likeness (QED) is 0.250. The lowest BCUT2D eigenvalue weighted by Gasteiger charge is -2.20. The molecule has 0 bridgehead atoms. The Hall–Kier alpha value is -3.31. The highest BCUT2D eigenvalue weighted by Gasteiger charge is 2.51. The van der Waals surface area contributed by atoms with E-state index >= 15 is 0 Å². The van der Waals surface area contributed by atoms with Crippen molar-refractivity contribution in [3.63, 3.8) is 0 Å². The van der Waals surface area contributed by atoms with E-state index in [9.17, 15) is 13.6 Å². The Balaban J connectivity index is 0.000000315. The Morgan fingerprint density at radius 3 is 2.35 bits per heavy atom. The van der Waals surface area contributed by atoms with Gasteiger partial charge in [0.1, 0.15) is 0 Å². The summed E-state index contributed by atoms with van der Waals surface area (Å²) in [6.07, 6.45) is 9.54. The van der Waals surface area contributed by atoms with Crippen LogP contribution in [0.5, 0.6) is 0 Å². The number of hydrogen-bond acceptors (Lipinski definition) is 2. The highest BCUT2D eigenvalue weighted by molar-refractivity contribution is 6.02. The number of anilines is 1. The van der Waals surface area contributed by atoms with Gasteiger partial charge in [0.25, 0.3) is 5.91 Å². The zero-order chi connectivity index (χ0) is 33.4. The average molecular weight is 651 g/mol. The van der Waals surface area contributed by atoms with Crippen LogP contribution in [0.3, 0.4) is 0 Å². The molecule has 48 heavy (non-hydrogen) atoms. The summed E-state index contributed by atoms with van der Waals surface area (Å²) in [5, 5.41) is 2.85. The Morgan fingerprint density at radius 2 is 1.71 bits per heavy atom. The highest BCUT2D eigenvalue weighted by atomic mass is 19.1. The molecule has 4 aliphatic carbocycles. The molecule has 3 saturated carbocycles. The van der Waals surface area contributed by atoms with Crippen molar-refractivity contribution in [2.75, 3.05) is 31.6 Å². The van der Waals surface area contributed by atoms with Gasteiger partial charge >= 0.3 is 0 Å². The zero-order valence-corrected chi connectivity index (χ0v) is 29.1. The normalized spacial score (nSPS) is 24.3. The van der Waals surface area contributed by atoms with Gasteiger partial charge in [-0.1, -0.05) is 67.9 Å². The van der Waals surface area contributed by atoms with Crippen molar-refractivity contribution < 1.29 is 13.6 Å². The number of hydrogen-bond donors (Lipinski definition) is 1. The van der Waals surface area contributed by atoms with Crippen LogP contribution >= 0.6 is 0 Å². The maximum Gasteiger partial charge on any atom is 0.262 e. The minimum Gasteiger partial charge on any atom is -0.323 e. The van der Waals surface area contributed by atoms with Crippen LogP contribution in [-0.4, -0.2) is 42.8 Å². The van der Waals surface area contributed by atoms with E-state index in [-0.39, 0.29) is 6.67 Å². The number of halogens is 2. The van der Waals surface area contributed by atoms with Crippen LogP contribution in [0.1, 0.15) is 122 Å². The van der Waals surface area contributed by atoms with Gasteiger partial charge < -0.3 is 10.2 Å². The van der Waals surface area contributed by atoms with Crippen LogP contribution in [0.2, 0.25) is 0 Å². The monoisotopic (exact) mass is 650 g/mol. The van der Waals surface area contributed by atoms with Crippen molar-refractivity contribution in [2.45, 2.75) is 102 Å². The van der Waals surface area contributed by atoms with Gasteiger partial charge in [0, 0.05) is 18.8 Å². The average Bonchev–Trinajstić information content (AvgIpc) is 4.00. The summed E-state index contributed by atoms with van der Waals surface area (Å²) in [7, 11) is 0. The van der Waals surface area contributed by atoms with Crippen LogP contribution in [0, 0.1) is 18.8 Å². The molecule has 3 aromatic carbocycles. The molecule has 1 N–H and O–H groups in total. The third-order valence-electron chi connectivity index (χ3n) is 11.3. The first-order valence-corrected chi connectivity index (χ1v) is 18.6. The molecule has 254 valence electrons. The summed E-state index contributed by atoms with van der Waals surface area (Å²) in [5.74, 6) is 2.45. The third-order valence-corrected chi connectivity index (χ3v) is 11.3. The molecule has 0 spiro atoms. The minimum absolute atomic E-state index is 0.162. The van der Waals surface area contributed by atoms with Crippen LogP contribution in [0.25, 0.3) is 11.1 Å². The summed E-state index contributed by atoms with van der Waals surface area (Å²) in [6, 6.07) is 22.5. The van der Waals surface area contributed by atoms with Crippen molar-refractivity contribution >= 4 is 22.7 Å². The van der Waals surface area contributed by atoms with E-state index in [4.69, 9.17) is 0 Å². The van der Waals surface area contributed by atoms with E-state index < -0.39 is 11.6 Å². The lowest BCUT2D eigenvalue weighted by atomic mass is 9.84. The van der Waals surface area contributed by atoms with Gasteiger partial charge in [-0.05, 0) is 158 Å². The van der Waals surface area contributed by atoms with Gasteiger partial charge in [0.2, 0.25) is 0 Å². The molecule has 3 aromatic rings. The van der Waals surface area contributed by atoms with Crippen molar-refractivity contribution in [3.8, 4) is 0 Å². The number of nitrogens with one attached hydrogen (secondary N) is 1. The summed E-state index contributed by atoms with van der Waals surface area (Å²) < 4.78 is 26.1. The molecule has 1 aliphatic heterocycles. The number of allylic oxidation sites excluding steroid dienone is 1. The first-order chi connectivity index (χ1) is 23.2. The maximum atomic E-state index is 14.3. The van der Waals surface area contributed by atoms with Gasteiger partial charge in [-0.2, -0.15) is 0 Å². The Bertz CT molecular complexity index is 1670. The standard InChI is InChI=1S/C35H36FNO.C8H16FN/c1-21-6-14-29(32(18-21)31-19-22(31)2)30-5-3-4-26-20-27(37-34(38)35(36)16-17-35)13-15-28(26)33(30)25-11-9-24(10-12-25)23-7-8-23;1-8-3-6-10(7-8)5-2-4-9/h6,9-15,18,20,22-23,31H,3-5,7-8,16-17,19H2,1-2H3,(H,37,38);8H,2-7H2,1H3. The van der Waals surface area contributed by atoms with Crippen LogP contribution in [0.4, 0.5) is 14.5 Å². The number of fused-ring (bicyclic) bond motifs is 1. The molecule has 5 heteroatoms. The van der Waals surface area contributed by atoms with Crippen LogP contribution in [-0.2, 0) is 11.2 Å². The van der Waals surface area contributed by atoms with Gasteiger partial charge in [0.15, 0.2) is 5.67 Å². The fraction of sp³-hybridized carbons (Fsp3) is 0.512. The Labute approximate surface area is 286 Å². The number of alkyl halides is 2. The Morgan fingerprint density at radius 1 is 0.958 bits per heavy atom. The third kappa shape index (κ3) is 7.47. The molecular formula is C43H52F2N2O. The van der Waals surface area contributed by atoms with Gasteiger partial charge in [-0.3, -0.25) is 9.18 Å². The van der Waals surface area contributed by atoms with Gasteiger partial charge in [0.05, 0.1) is 6.67 Å². The predicted octanol–water partition coefficient (Wildman–Crippen LogP) is 10.4. The number of carbonyl (C=O) groups excluding carboxylic acids is 1. The maximum absolute atomic E-state index is 14.3. The number of nitrogens with zero attached hydrogens (tertiary/aromatic N) is 1. The molecule has 3 unspecified atom stereocenters. The summed E-state index contributed by atoms with van der Waals surface area (Å²) in [5.41, 5.74) is 11.2. The van der Waals surface area contributed by atoms with Crippen molar-refractivity contribution in [2.24, 2.45) is 11.8 Å². The molecule has 1 heterocycles. The van der Waals surface area contributed by atoms with E-state index in [0.717, 1.165) is 43.6 Å². The summed E-state index contributed by atoms with van der Waals surface area (Å²) in [4.78, 5) is 14.8. The fourth-order valence-electron chi connectivity index (χ4n) is 7.91. The molecule has 3 nitrogen and oxygen atoms in total. The summed E-state index contributed by atoms with van der Waals surface area (Å²) in [6.45, 7) is 9.99. The predicted molar refractivity (Wildman–Crippen MR) is 194 cm³/mol. The lowest BCUT2D eigenvalue weighted by Crippen LogP contribution is -2.25. The van der Waals surface area contributed by atoms with Crippen molar-refractivity contribution in [1.82, 2.24) is 4.90 Å². The largest absolute Gasteiger partial charge is 0.323 e. The number of likely N-dealkylation sites (tertiary alicyclic amines) is 1. The molecule has 1 amide bonds. The molecule has 5 aliphatic rings. The van der Waals surface area contributed by atoms with Crippen molar-refractivity contribution in [3.05, 3.63) is 99.6 Å². The van der Waals surface area contributed by atoms with Gasteiger partial charge in [-0.25, -0.2) is 4.39 Å². The molecule has 0 aromatic heterocycles. The van der Waals surface area contributed by atoms with Crippen LogP contribution in [0.15, 0.2) is 60.7 Å². The SMILES string of the molecule is CC1CCN(CCCF)C1.Cc1ccc(C2=C(c3ccc(C4CC4)cc3)c3ccc(NC(=O)C4(F)CC4)cc3CCC2)c(C2CC2C)c1. The number of aryl methyl sites for hydroxylation is 2. The summed E-state index contributed by atoms with van der Waals surface area (Å²) >= 11 is 0. The van der Waals surface area contributed by atoms with E-state index in [0.29, 0.717) is 30.9 Å². The first kappa shape index (κ1) is 33.2. The molecular weight excluding hydrogens is 598 g/mol. The number of rotatable bonds is 9. The molecule has 0 radical (unpaired) electrons. The second-order valence-corrected chi connectivity index (χ2v) is 15.5. The van der Waals surface area contributed by atoms with Crippen molar-refractivity contribution in [1.29, 1.82) is 0 Å². The minimum atomic E-state index is -1.67. The Kier molecular flexibility index (Phi) is 9.61.